The van der Waals surface area contributed by atoms with Crippen LogP contribution in [0.2, 0.25) is 0 Å². The third-order valence-electron chi connectivity index (χ3n) is 6.01. The van der Waals surface area contributed by atoms with Gasteiger partial charge in [-0.25, -0.2) is 0 Å². The normalized spacial score (nSPS) is 18.3. The molecule has 2 aromatic carbocycles. The Morgan fingerprint density at radius 2 is 1.94 bits per heavy atom. The molecular formula is C25H29N3O3S. The molecule has 0 spiro atoms. The van der Waals surface area contributed by atoms with Crippen LogP contribution in [0.15, 0.2) is 47.6 Å². The number of ether oxygens (including phenoxy) is 1. The molecule has 1 amide bonds. The van der Waals surface area contributed by atoms with Crippen LogP contribution in [0.5, 0.6) is 0 Å². The second-order valence-corrected chi connectivity index (χ2v) is 9.48. The van der Waals surface area contributed by atoms with Crippen molar-refractivity contribution >= 4 is 35.5 Å². The van der Waals surface area contributed by atoms with Crippen molar-refractivity contribution in [2.45, 2.75) is 25.7 Å². The molecule has 1 atom stereocenters. The zero-order valence-corrected chi connectivity index (χ0v) is 19.2. The quantitative estimate of drug-likeness (QED) is 0.531. The number of thioether (sulfide) groups is 1. The summed E-state index contributed by atoms with van der Waals surface area (Å²) in [5, 5.41) is 9.62. The molecule has 0 saturated carbocycles. The van der Waals surface area contributed by atoms with E-state index in [0.717, 1.165) is 55.1 Å². The van der Waals surface area contributed by atoms with Gasteiger partial charge in [0.1, 0.15) is 0 Å². The molecule has 0 radical (unpaired) electrons. The van der Waals surface area contributed by atoms with Crippen LogP contribution in [0.4, 0.5) is 5.69 Å². The van der Waals surface area contributed by atoms with Crippen LogP contribution >= 0.6 is 11.8 Å². The fourth-order valence-corrected chi connectivity index (χ4v) is 5.03. The van der Waals surface area contributed by atoms with Gasteiger partial charge >= 0.3 is 5.97 Å². The number of aryl methyl sites for hydroxylation is 1. The van der Waals surface area contributed by atoms with Gasteiger partial charge in [-0.15, -0.1) is 0 Å². The van der Waals surface area contributed by atoms with Gasteiger partial charge in [-0.05, 0) is 66.1 Å². The van der Waals surface area contributed by atoms with Crippen molar-refractivity contribution in [3.8, 4) is 0 Å². The molecule has 1 aliphatic heterocycles. The average Bonchev–Trinajstić information content (AvgIpc) is 2.83. The number of esters is 1. The Hall–Kier alpha value is -2.80. The number of anilines is 1. The summed E-state index contributed by atoms with van der Waals surface area (Å²) in [6.07, 6.45) is 5.06. The lowest BCUT2D eigenvalue weighted by molar-refractivity contribution is -0.141. The average molecular weight is 452 g/mol. The monoisotopic (exact) mass is 451 g/mol. The summed E-state index contributed by atoms with van der Waals surface area (Å²) in [7, 11) is 1.43. The first-order valence-electron chi connectivity index (χ1n) is 11.1. The van der Waals surface area contributed by atoms with Crippen LogP contribution in [-0.4, -0.2) is 54.8 Å². The summed E-state index contributed by atoms with van der Waals surface area (Å²) in [4.78, 5) is 24.3. The molecule has 0 aromatic heterocycles. The Labute approximate surface area is 193 Å². The molecule has 2 aromatic rings. The van der Waals surface area contributed by atoms with E-state index in [2.05, 4.69) is 21.5 Å². The predicted molar refractivity (Wildman–Crippen MR) is 129 cm³/mol. The Kier molecular flexibility index (Phi) is 7.47. The van der Waals surface area contributed by atoms with Gasteiger partial charge in [0.15, 0.2) is 0 Å². The van der Waals surface area contributed by atoms with E-state index in [0.29, 0.717) is 17.9 Å². The molecule has 32 heavy (non-hydrogen) atoms. The topological polar surface area (TPSA) is 71.0 Å². The Bertz CT molecular complexity index is 984. The van der Waals surface area contributed by atoms with E-state index >= 15 is 0 Å². The first kappa shape index (κ1) is 22.4. The zero-order chi connectivity index (χ0) is 22.3. The highest BCUT2D eigenvalue weighted by Gasteiger charge is 2.22. The Morgan fingerprint density at radius 3 is 2.69 bits per heavy atom. The third kappa shape index (κ3) is 5.91. The number of nitrogens with one attached hydrogen (secondary N) is 1. The van der Waals surface area contributed by atoms with Crippen LogP contribution in [0.3, 0.4) is 0 Å². The molecule has 7 heteroatoms. The van der Waals surface area contributed by atoms with E-state index in [1.54, 1.807) is 0 Å². The summed E-state index contributed by atoms with van der Waals surface area (Å²) in [5.74, 6) is 2.23. The minimum absolute atomic E-state index is 0.136. The number of hydrogen-bond donors (Lipinski definition) is 1. The summed E-state index contributed by atoms with van der Waals surface area (Å²) in [6.45, 7) is 1.96. The van der Waals surface area contributed by atoms with Crippen molar-refractivity contribution in [2.24, 2.45) is 11.0 Å². The molecule has 1 fully saturated rings. The molecule has 4 rings (SSSR count). The van der Waals surface area contributed by atoms with E-state index in [4.69, 9.17) is 4.74 Å². The van der Waals surface area contributed by atoms with Crippen molar-refractivity contribution in [3.63, 3.8) is 0 Å². The van der Waals surface area contributed by atoms with Gasteiger partial charge in [-0.1, -0.05) is 18.2 Å². The number of nitrogens with zero attached hydrogens (tertiary/aromatic N) is 2. The molecule has 1 unspecified atom stereocenters. The third-order valence-corrected chi connectivity index (χ3v) is 6.95. The number of hydrazone groups is 1. The van der Waals surface area contributed by atoms with Gasteiger partial charge in [-0.3, -0.25) is 14.6 Å². The minimum atomic E-state index is -0.161. The standard InChI is InChI=1S/C25H29N3O3S/c1-31-24(29)15-19-4-5-20-8-9-23(16-22(20)14-19)27-25(30)21-6-2-18(3-7-21)17-26-28-10-12-32-13-11-28/h2-3,6-9,16-17,19H,4-5,10-15H2,1H3,(H,27,30)/b26-17+. The van der Waals surface area contributed by atoms with Gasteiger partial charge in [0.25, 0.3) is 5.91 Å². The largest absolute Gasteiger partial charge is 0.469 e. The molecule has 0 bridgehead atoms. The van der Waals surface area contributed by atoms with Crippen LogP contribution in [-0.2, 0) is 22.4 Å². The summed E-state index contributed by atoms with van der Waals surface area (Å²) in [6, 6.07) is 13.6. The number of rotatable bonds is 6. The first-order chi connectivity index (χ1) is 15.6. The summed E-state index contributed by atoms with van der Waals surface area (Å²) in [5.41, 5.74) is 4.86. The molecule has 1 N–H and O–H groups in total. The fraction of sp³-hybridized carbons (Fsp3) is 0.400. The molecule has 1 aliphatic carbocycles. The summed E-state index contributed by atoms with van der Waals surface area (Å²) >= 11 is 1.96. The molecular weight excluding hydrogens is 422 g/mol. The minimum Gasteiger partial charge on any atom is -0.469 e. The maximum Gasteiger partial charge on any atom is 0.305 e. The Morgan fingerprint density at radius 1 is 1.16 bits per heavy atom. The predicted octanol–water partition coefficient (Wildman–Crippen LogP) is 3.99. The molecule has 6 nitrogen and oxygen atoms in total. The van der Waals surface area contributed by atoms with Gasteiger partial charge in [0.05, 0.1) is 13.3 Å². The molecule has 1 saturated heterocycles. The van der Waals surface area contributed by atoms with E-state index < -0.39 is 0 Å². The van der Waals surface area contributed by atoms with Crippen LogP contribution in [0.1, 0.15) is 39.9 Å². The Balaban J connectivity index is 1.36. The number of amides is 1. The second-order valence-electron chi connectivity index (χ2n) is 8.26. The second kappa shape index (κ2) is 10.7. The number of carbonyl (C=O) groups excluding carboxylic acids is 2. The van der Waals surface area contributed by atoms with Crippen molar-refractivity contribution in [2.75, 3.05) is 37.0 Å². The lowest BCUT2D eigenvalue weighted by Crippen LogP contribution is -2.27. The maximum atomic E-state index is 12.7. The van der Waals surface area contributed by atoms with Crippen molar-refractivity contribution in [1.82, 2.24) is 5.01 Å². The van der Waals surface area contributed by atoms with E-state index in [-0.39, 0.29) is 11.9 Å². The van der Waals surface area contributed by atoms with Crippen molar-refractivity contribution in [1.29, 1.82) is 0 Å². The van der Waals surface area contributed by atoms with Crippen molar-refractivity contribution < 1.29 is 14.3 Å². The van der Waals surface area contributed by atoms with Crippen LogP contribution < -0.4 is 5.32 Å². The number of hydrogen-bond acceptors (Lipinski definition) is 6. The fourth-order valence-electron chi connectivity index (χ4n) is 4.14. The van der Waals surface area contributed by atoms with Gasteiger partial charge in [-0.2, -0.15) is 16.9 Å². The highest BCUT2D eigenvalue weighted by molar-refractivity contribution is 7.99. The van der Waals surface area contributed by atoms with Crippen LogP contribution in [0, 0.1) is 5.92 Å². The summed E-state index contributed by atoms with van der Waals surface area (Å²) < 4.78 is 4.81. The van der Waals surface area contributed by atoms with Crippen LogP contribution in [0.25, 0.3) is 0 Å². The number of fused-ring (bicyclic) bond motifs is 1. The highest BCUT2D eigenvalue weighted by Crippen LogP contribution is 2.30. The van der Waals surface area contributed by atoms with Gasteiger partial charge < -0.3 is 10.1 Å². The first-order valence-corrected chi connectivity index (χ1v) is 12.2. The number of methoxy groups -OCH3 is 1. The number of benzene rings is 2. The van der Waals surface area contributed by atoms with Gasteiger partial charge in [0, 0.05) is 42.3 Å². The number of carbonyl (C=O) groups is 2. The van der Waals surface area contributed by atoms with Gasteiger partial charge in [0.2, 0.25) is 0 Å². The highest BCUT2D eigenvalue weighted by atomic mass is 32.2. The lowest BCUT2D eigenvalue weighted by atomic mass is 9.82. The van der Waals surface area contributed by atoms with Crippen molar-refractivity contribution in [3.05, 3.63) is 64.7 Å². The van der Waals surface area contributed by atoms with E-state index in [1.807, 2.05) is 54.4 Å². The molecule has 2 aliphatic rings. The molecule has 168 valence electrons. The molecule has 1 heterocycles. The maximum absolute atomic E-state index is 12.7. The SMILES string of the molecule is COC(=O)CC1CCc2ccc(NC(=O)c3ccc(/C=N/N4CCSCC4)cc3)cc2C1. The lowest BCUT2D eigenvalue weighted by Gasteiger charge is -2.24. The zero-order valence-electron chi connectivity index (χ0n) is 18.4. The van der Waals surface area contributed by atoms with E-state index in [1.165, 1.54) is 18.2 Å². The van der Waals surface area contributed by atoms with E-state index in [9.17, 15) is 9.59 Å². The smallest absolute Gasteiger partial charge is 0.305 e.